The quantitative estimate of drug-likeness (QED) is 0.680. The Kier molecular flexibility index (Phi) is 5.41. The number of amides is 1. The van der Waals surface area contributed by atoms with Crippen molar-refractivity contribution in [2.24, 2.45) is 17.8 Å². The molecule has 4 bridgehead atoms. The van der Waals surface area contributed by atoms with Crippen LogP contribution in [0, 0.1) is 17.8 Å². The van der Waals surface area contributed by atoms with Gasteiger partial charge in [0, 0.05) is 6.54 Å². The molecule has 30 heavy (non-hydrogen) atoms. The first-order valence-corrected chi connectivity index (χ1v) is 11.7. The van der Waals surface area contributed by atoms with Gasteiger partial charge in [-0.25, -0.2) is 0 Å². The van der Waals surface area contributed by atoms with Crippen LogP contribution in [0.4, 0.5) is 0 Å². The molecule has 4 fully saturated rings. The summed E-state index contributed by atoms with van der Waals surface area (Å²) in [4.78, 5) is 13.2. The summed E-state index contributed by atoms with van der Waals surface area (Å²) in [6, 6.07) is 20.1. The van der Waals surface area contributed by atoms with Crippen molar-refractivity contribution in [1.29, 1.82) is 0 Å². The minimum atomic E-state index is -0.292. The molecule has 3 heteroatoms. The highest BCUT2D eigenvalue weighted by molar-refractivity contribution is 5.87. The monoisotopic (exact) mass is 403 g/mol. The zero-order valence-electron chi connectivity index (χ0n) is 17.9. The van der Waals surface area contributed by atoms with Crippen molar-refractivity contribution in [3.8, 4) is 0 Å². The molecule has 1 N–H and O–H groups in total. The molecule has 2 aromatic rings. The molecule has 0 radical (unpaired) electrons. The smallest absolute Gasteiger partial charge is 0.232 e. The van der Waals surface area contributed by atoms with E-state index in [9.17, 15) is 4.79 Å². The molecule has 0 heterocycles. The Morgan fingerprint density at radius 2 is 1.37 bits per heavy atom. The van der Waals surface area contributed by atoms with E-state index in [1.165, 1.54) is 38.5 Å². The van der Waals surface area contributed by atoms with Crippen LogP contribution in [0.1, 0.15) is 62.5 Å². The number of carbonyl (C=O) groups is 1. The van der Waals surface area contributed by atoms with Crippen LogP contribution in [0.25, 0.3) is 0 Å². The van der Waals surface area contributed by atoms with Gasteiger partial charge >= 0.3 is 0 Å². The molecule has 4 saturated carbocycles. The van der Waals surface area contributed by atoms with Crippen molar-refractivity contribution >= 4 is 5.91 Å². The van der Waals surface area contributed by atoms with Crippen molar-refractivity contribution in [2.45, 2.75) is 63.1 Å². The van der Waals surface area contributed by atoms with Crippen LogP contribution in [0.5, 0.6) is 0 Å². The molecule has 3 nitrogen and oxygen atoms in total. The van der Waals surface area contributed by atoms with Gasteiger partial charge in [-0.3, -0.25) is 4.79 Å². The second kappa shape index (κ2) is 8.19. The van der Waals surface area contributed by atoms with Gasteiger partial charge in [0.2, 0.25) is 5.91 Å². The van der Waals surface area contributed by atoms with Gasteiger partial charge in [0.05, 0.1) is 17.6 Å². The van der Waals surface area contributed by atoms with Gasteiger partial charge < -0.3 is 10.1 Å². The second-order valence-electron chi connectivity index (χ2n) is 10.0. The van der Waals surface area contributed by atoms with Gasteiger partial charge in [-0.15, -0.1) is 0 Å². The second-order valence-corrected chi connectivity index (χ2v) is 10.0. The summed E-state index contributed by atoms with van der Waals surface area (Å²) in [6.07, 6.45) is 7.99. The minimum absolute atomic E-state index is 0.0393. The number of hydrogen-bond acceptors (Lipinski definition) is 2. The molecule has 6 rings (SSSR count). The van der Waals surface area contributed by atoms with E-state index in [-0.39, 0.29) is 23.5 Å². The van der Waals surface area contributed by atoms with Crippen LogP contribution in [0.15, 0.2) is 60.7 Å². The fourth-order valence-electron chi connectivity index (χ4n) is 6.78. The first-order valence-electron chi connectivity index (χ1n) is 11.7. The van der Waals surface area contributed by atoms with Gasteiger partial charge in [-0.2, -0.15) is 0 Å². The molecule has 1 atom stereocenters. The molecular weight excluding hydrogens is 370 g/mol. The highest BCUT2D eigenvalue weighted by Gasteiger charge is 2.52. The van der Waals surface area contributed by atoms with Crippen LogP contribution in [0.3, 0.4) is 0 Å². The summed E-state index contributed by atoms with van der Waals surface area (Å²) in [5.74, 6) is 2.38. The summed E-state index contributed by atoms with van der Waals surface area (Å²) in [5.41, 5.74) is 2.13. The Morgan fingerprint density at radius 1 is 0.900 bits per heavy atom. The van der Waals surface area contributed by atoms with E-state index in [4.69, 9.17) is 4.74 Å². The van der Waals surface area contributed by atoms with Crippen molar-refractivity contribution in [2.75, 3.05) is 6.54 Å². The Labute approximate surface area is 180 Å². The lowest BCUT2D eigenvalue weighted by molar-refractivity contribution is -0.183. The van der Waals surface area contributed by atoms with E-state index in [1.54, 1.807) is 0 Å². The molecule has 0 spiro atoms. The topological polar surface area (TPSA) is 38.3 Å². The average Bonchev–Trinajstić information content (AvgIpc) is 2.73. The third-order valence-electron chi connectivity index (χ3n) is 7.52. The maximum atomic E-state index is 13.2. The predicted molar refractivity (Wildman–Crippen MR) is 119 cm³/mol. The molecular formula is C27H33NO2. The van der Waals surface area contributed by atoms with Gasteiger partial charge in [0.15, 0.2) is 0 Å². The van der Waals surface area contributed by atoms with Gasteiger partial charge in [-0.1, -0.05) is 60.7 Å². The average molecular weight is 404 g/mol. The molecule has 4 aliphatic carbocycles. The highest BCUT2D eigenvalue weighted by Crippen LogP contribution is 2.57. The maximum Gasteiger partial charge on any atom is 0.232 e. The number of hydrogen-bond donors (Lipinski definition) is 1. The summed E-state index contributed by atoms with van der Waals surface area (Å²) < 4.78 is 6.68. The van der Waals surface area contributed by atoms with E-state index < -0.39 is 0 Å². The number of nitrogens with one attached hydrogen (secondary N) is 1. The number of rotatable bonds is 7. The van der Waals surface area contributed by atoms with Gasteiger partial charge in [0.1, 0.15) is 0 Å². The molecule has 1 unspecified atom stereocenters. The summed E-state index contributed by atoms with van der Waals surface area (Å²) >= 11 is 0. The van der Waals surface area contributed by atoms with Crippen LogP contribution < -0.4 is 5.32 Å². The van der Waals surface area contributed by atoms with Crippen molar-refractivity contribution in [3.05, 3.63) is 71.8 Å². The number of benzene rings is 2. The standard InChI is InChI=1S/C27H33NO2/c1-19(30-27-15-20-12-21(16-27)14-22(13-20)17-27)18-28-26(29)25(23-8-4-2-5-9-23)24-10-6-3-7-11-24/h2-11,19-22,25H,12-18H2,1H3,(H,28,29). The maximum absolute atomic E-state index is 13.2. The Hall–Kier alpha value is -2.13. The van der Waals surface area contributed by atoms with Crippen LogP contribution in [-0.2, 0) is 9.53 Å². The van der Waals surface area contributed by atoms with E-state index >= 15 is 0 Å². The van der Waals surface area contributed by atoms with E-state index in [2.05, 4.69) is 12.2 Å². The third-order valence-corrected chi connectivity index (χ3v) is 7.52. The lowest BCUT2D eigenvalue weighted by atomic mass is 9.54. The minimum Gasteiger partial charge on any atom is -0.370 e. The fourth-order valence-corrected chi connectivity index (χ4v) is 6.78. The Morgan fingerprint density at radius 3 is 1.83 bits per heavy atom. The zero-order valence-corrected chi connectivity index (χ0v) is 17.9. The van der Waals surface area contributed by atoms with E-state index in [0.717, 1.165) is 28.9 Å². The Bertz CT molecular complexity index is 788. The first-order chi connectivity index (χ1) is 14.6. The van der Waals surface area contributed by atoms with Crippen molar-refractivity contribution in [1.82, 2.24) is 5.32 Å². The first kappa shape index (κ1) is 19.8. The molecule has 1 amide bonds. The SMILES string of the molecule is CC(CNC(=O)C(c1ccccc1)c1ccccc1)OC12CC3CC(CC(C3)C1)C2. The summed E-state index contributed by atoms with van der Waals surface area (Å²) in [5, 5.41) is 3.20. The molecule has 2 aromatic carbocycles. The fraction of sp³-hybridized carbons (Fsp3) is 0.519. The lowest BCUT2D eigenvalue weighted by Crippen LogP contribution is -2.54. The van der Waals surface area contributed by atoms with Crippen molar-refractivity contribution in [3.63, 3.8) is 0 Å². The third kappa shape index (κ3) is 4.05. The largest absolute Gasteiger partial charge is 0.370 e. The highest BCUT2D eigenvalue weighted by atomic mass is 16.5. The molecule has 4 aliphatic rings. The molecule has 0 saturated heterocycles. The normalized spacial score (nSPS) is 30.4. The molecule has 0 aromatic heterocycles. The van der Waals surface area contributed by atoms with Gasteiger partial charge in [-0.05, 0) is 74.3 Å². The number of carbonyl (C=O) groups excluding carboxylic acids is 1. The zero-order chi connectivity index (χ0) is 20.6. The molecule has 158 valence electrons. The summed E-state index contributed by atoms with van der Waals surface area (Å²) in [6.45, 7) is 2.69. The molecule has 0 aliphatic heterocycles. The van der Waals surface area contributed by atoms with E-state index in [1.807, 2.05) is 60.7 Å². The predicted octanol–water partition coefficient (Wildman–Crippen LogP) is 5.31. The number of ether oxygens (including phenoxy) is 1. The Balaban J connectivity index is 1.24. The van der Waals surface area contributed by atoms with Crippen LogP contribution >= 0.6 is 0 Å². The summed E-state index contributed by atoms with van der Waals surface area (Å²) in [7, 11) is 0. The van der Waals surface area contributed by atoms with E-state index in [0.29, 0.717) is 6.54 Å². The van der Waals surface area contributed by atoms with Crippen molar-refractivity contribution < 1.29 is 9.53 Å². The lowest BCUT2D eigenvalue weighted by Gasteiger charge is -2.57. The van der Waals surface area contributed by atoms with Crippen LogP contribution in [0.2, 0.25) is 0 Å². The van der Waals surface area contributed by atoms with Gasteiger partial charge in [0.25, 0.3) is 0 Å². The van der Waals surface area contributed by atoms with Crippen LogP contribution in [-0.4, -0.2) is 24.2 Å².